The average Bonchev–Trinajstić information content (AvgIpc) is 2.43. The third kappa shape index (κ3) is 17.2. The van der Waals surface area contributed by atoms with Crippen LogP contribution in [0.3, 0.4) is 0 Å². The molecule has 0 atom stereocenters. The number of allylic oxidation sites excluding steroid dienone is 6. The molecule has 0 heterocycles. The molecule has 0 aromatic carbocycles. The van der Waals surface area contributed by atoms with E-state index in [-0.39, 0.29) is 0 Å². The molecule has 0 saturated heterocycles. The Balaban J connectivity index is 3.21. The van der Waals surface area contributed by atoms with Gasteiger partial charge in [0.1, 0.15) is 0 Å². The maximum Gasteiger partial charge on any atom is -0.0169 e. The number of rotatable bonds is 13. The second-order valence-corrected chi connectivity index (χ2v) is 6.03. The molecule has 0 heteroatoms. The molecule has 0 aromatic rings. The van der Waals surface area contributed by atoms with Crippen molar-refractivity contribution in [3.63, 3.8) is 0 Å². The zero-order valence-corrected chi connectivity index (χ0v) is 14.1. The second kappa shape index (κ2) is 16.3. The summed E-state index contributed by atoms with van der Waals surface area (Å²) < 4.78 is 0. The maximum atomic E-state index is 2.35. The summed E-state index contributed by atoms with van der Waals surface area (Å²) in [6.07, 6.45) is 26.6. The summed E-state index contributed by atoms with van der Waals surface area (Å²) in [5.74, 6) is 0.878. The van der Waals surface area contributed by atoms with Crippen LogP contribution in [0.4, 0.5) is 0 Å². The Morgan fingerprint density at radius 3 is 1.85 bits per heavy atom. The summed E-state index contributed by atoms with van der Waals surface area (Å²) in [6, 6.07) is 0. The molecule has 0 nitrogen and oxygen atoms in total. The SMILES string of the molecule is CC/C=C\C/C=C\C/C=C\CCCCCCCC(C)C. The molecule has 0 fully saturated rings. The van der Waals surface area contributed by atoms with Crippen molar-refractivity contribution in [3.8, 4) is 0 Å². The minimum Gasteiger partial charge on any atom is -0.0885 e. The van der Waals surface area contributed by atoms with Gasteiger partial charge >= 0.3 is 0 Å². The highest BCUT2D eigenvalue weighted by Crippen LogP contribution is 2.11. The molecule has 0 aliphatic heterocycles. The fourth-order valence-electron chi connectivity index (χ4n) is 2.17. The lowest BCUT2D eigenvalue weighted by Crippen LogP contribution is -1.86. The van der Waals surface area contributed by atoms with E-state index < -0.39 is 0 Å². The quantitative estimate of drug-likeness (QED) is 0.246. The van der Waals surface area contributed by atoms with Gasteiger partial charge in [-0.1, -0.05) is 89.3 Å². The monoisotopic (exact) mass is 276 g/mol. The Bertz CT molecular complexity index is 255. The third-order valence-electron chi connectivity index (χ3n) is 3.43. The van der Waals surface area contributed by atoms with E-state index in [1.807, 2.05) is 0 Å². The summed E-state index contributed by atoms with van der Waals surface area (Å²) in [4.78, 5) is 0. The van der Waals surface area contributed by atoms with Gasteiger partial charge in [0, 0.05) is 0 Å². The summed E-state index contributed by atoms with van der Waals surface area (Å²) in [5, 5.41) is 0. The van der Waals surface area contributed by atoms with Crippen LogP contribution in [0.5, 0.6) is 0 Å². The topological polar surface area (TPSA) is 0 Å². The van der Waals surface area contributed by atoms with Crippen molar-refractivity contribution >= 4 is 0 Å². The van der Waals surface area contributed by atoms with Crippen molar-refractivity contribution < 1.29 is 0 Å². The fraction of sp³-hybridized carbons (Fsp3) is 0.700. The standard InChI is InChI=1S/C20H36/c1-4-5-6-7-8-9-10-11-12-13-14-15-16-17-18-19-20(2)3/h5-6,8-9,11-12,20H,4,7,10,13-19H2,1-3H3/b6-5-,9-8-,12-11-. The molecule has 0 amide bonds. The predicted octanol–water partition coefficient (Wildman–Crippen LogP) is 7.23. The molecule has 0 aromatic heterocycles. The van der Waals surface area contributed by atoms with Crippen LogP contribution >= 0.6 is 0 Å². The number of unbranched alkanes of at least 4 members (excludes halogenated alkanes) is 5. The first kappa shape index (κ1) is 19.2. The molecular formula is C20H36. The van der Waals surface area contributed by atoms with Gasteiger partial charge in [-0.3, -0.25) is 0 Å². The Kier molecular flexibility index (Phi) is 15.6. The maximum absolute atomic E-state index is 2.35. The van der Waals surface area contributed by atoms with E-state index in [1.54, 1.807) is 0 Å². The highest BCUT2D eigenvalue weighted by atomic mass is 14.0. The Morgan fingerprint density at radius 1 is 0.650 bits per heavy atom. The van der Waals surface area contributed by atoms with Crippen LogP contribution in [0.25, 0.3) is 0 Å². The summed E-state index contributed by atoms with van der Waals surface area (Å²) in [6.45, 7) is 6.81. The molecule has 0 radical (unpaired) electrons. The Labute approximate surface area is 128 Å². The summed E-state index contributed by atoms with van der Waals surface area (Å²) in [7, 11) is 0. The molecule has 20 heavy (non-hydrogen) atoms. The average molecular weight is 277 g/mol. The number of hydrogen-bond donors (Lipinski definition) is 0. The molecule has 0 bridgehead atoms. The van der Waals surface area contributed by atoms with E-state index in [0.29, 0.717) is 0 Å². The van der Waals surface area contributed by atoms with Crippen molar-refractivity contribution in [2.24, 2.45) is 5.92 Å². The van der Waals surface area contributed by atoms with Crippen LogP contribution in [-0.2, 0) is 0 Å². The lowest BCUT2D eigenvalue weighted by atomic mass is 10.0. The van der Waals surface area contributed by atoms with Crippen LogP contribution in [0, 0.1) is 5.92 Å². The molecule has 116 valence electrons. The highest BCUT2D eigenvalue weighted by Gasteiger charge is 1.93. The normalized spacial score (nSPS) is 12.6. The minimum atomic E-state index is 0.878. The van der Waals surface area contributed by atoms with Gasteiger partial charge in [0.15, 0.2) is 0 Å². The van der Waals surface area contributed by atoms with Crippen molar-refractivity contribution in [3.05, 3.63) is 36.5 Å². The molecule has 0 aliphatic rings. The van der Waals surface area contributed by atoms with Crippen LogP contribution in [-0.4, -0.2) is 0 Å². The molecule has 0 aliphatic carbocycles. The Morgan fingerprint density at radius 2 is 1.20 bits per heavy atom. The third-order valence-corrected chi connectivity index (χ3v) is 3.43. The van der Waals surface area contributed by atoms with Gasteiger partial charge in [0.2, 0.25) is 0 Å². The lowest BCUT2D eigenvalue weighted by molar-refractivity contribution is 0.516. The summed E-state index contributed by atoms with van der Waals surface area (Å²) in [5.41, 5.74) is 0. The van der Waals surface area contributed by atoms with Gasteiger partial charge in [-0.25, -0.2) is 0 Å². The van der Waals surface area contributed by atoms with E-state index in [4.69, 9.17) is 0 Å². The smallest absolute Gasteiger partial charge is 0.0169 e. The molecular weight excluding hydrogens is 240 g/mol. The van der Waals surface area contributed by atoms with Gasteiger partial charge in [0.25, 0.3) is 0 Å². The van der Waals surface area contributed by atoms with Gasteiger partial charge in [-0.2, -0.15) is 0 Å². The molecule has 0 spiro atoms. The molecule has 0 saturated carbocycles. The first-order chi connectivity index (χ1) is 9.77. The van der Waals surface area contributed by atoms with Crippen LogP contribution in [0.2, 0.25) is 0 Å². The first-order valence-electron chi connectivity index (χ1n) is 8.72. The van der Waals surface area contributed by atoms with E-state index in [9.17, 15) is 0 Å². The highest BCUT2D eigenvalue weighted by molar-refractivity contribution is 4.96. The van der Waals surface area contributed by atoms with Crippen molar-refractivity contribution in [2.45, 2.75) is 85.0 Å². The zero-order valence-electron chi connectivity index (χ0n) is 14.1. The van der Waals surface area contributed by atoms with Crippen LogP contribution in [0.15, 0.2) is 36.5 Å². The van der Waals surface area contributed by atoms with Crippen molar-refractivity contribution in [1.29, 1.82) is 0 Å². The zero-order chi connectivity index (χ0) is 14.9. The molecule has 0 N–H and O–H groups in total. The first-order valence-corrected chi connectivity index (χ1v) is 8.72. The second-order valence-electron chi connectivity index (χ2n) is 6.03. The van der Waals surface area contributed by atoms with Crippen LogP contribution < -0.4 is 0 Å². The van der Waals surface area contributed by atoms with E-state index in [1.165, 1.54) is 44.9 Å². The van der Waals surface area contributed by atoms with E-state index in [2.05, 4.69) is 57.2 Å². The van der Waals surface area contributed by atoms with Crippen LogP contribution in [0.1, 0.15) is 85.0 Å². The Hall–Kier alpha value is -0.780. The van der Waals surface area contributed by atoms with Crippen molar-refractivity contribution in [1.82, 2.24) is 0 Å². The largest absolute Gasteiger partial charge is 0.0885 e. The van der Waals surface area contributed by atoms with E-state index >= 15 is 0 Å². The predicted molar refractivity (Wildman–Crippen MR) is 94.1 cm³/mol. The lowest BCUT2D eigenvalue weighted by Gasteiger charge is -2.03. The number of hydrogen-bond acceptors (Lipinski definition) is 0. The molecule has 0 unspecified atom stereocenters. The van der Waals surface area contributed by atoms with Gasteiger partial charge in [0.05, 0.1) is 0 Å². The molecule has 0 rings (SSSR count). The van der Waals surface area contributed by atoms with E-state index in [0.717, 1.165) is 25.2 Å². The van der Waals surface area contributed by atoms with Gasteiger partial charge < -0.3 is 0 Å². The minimum absolute atomic E-state index is 0.878. The van der Waals surface area contributed by atoms with Gasteiger partial charge in [-0.05, 0) is 38.0 Å². The fourth-order valence-corrected chi connectivity index (χ4v) is 2.17. The van der Waals surface area contributed by atoms with Gasteiger partial charge in [-0.15, -0.1) is 0 Å². The summed E-state index contributed by atoms with van der Waals surface area (Å²) >= 11 is 0. The van der Waals surface area contributed by atoms with Crippen molar-refractivity contribution in [2.75, 3.05) is 0 Å².